The van der Waals surface area contributed by atoms with Gasteiger partial charge in [0.05, 0.1) is 5.75 Å². The first-order valence-corrected chi connectivity index (χ1v) is 5.33. The van der Waals surface area contributed by atoms with E-state index < -0.39 is 11.1 Å². The van der Waals surface area contributed by atoms with Gasteiger partial charge in [0.15, 0.2) is 11.1 Å². The topological polar surface area (TPSA) is 37.3 Å². The Balaban J connectivity index is 3.70. The fraction of sp³-hybridized carbons (Fsp3) is 1.00. The average Bonchev–Trinajstić information content (AvgIpc) is 1.81. The van der Waals surface area contributed by atoms with Gasteiger partial charge in [-0.2, -0.15) is 0 Å². The summed E-state index contributed by atoms with van der Waals surface area (Å²) in [4.78, 5) is 0. The SMILES string of the molecule is CCCCC(C)(C)CS(=O)O. The molecule has 0 amide bonds. The van der Waals surface area contributed by atoms with E-state index in [1.54, 1.807) is 0 Å². The molecule has 0 rings (SSSR count). The Hall–Kier alpha value is 0.110. The molecule has 0 radical (unpaired) electrons. The largest absolute Gasteiger partial charge is 0.306 e. The molecule has 1 atom stereocenters. The summed E-state index contributed by atoms with van der Waals surface area (Å²) in [5.74, 6) is 0.396. The zero-order valence-electron chi connectivity index (χ0n) is 7.59. The van der Waals surface area contributed by atoms with Crippen LogP contribution < -0.4 is 0 Å². The Bertz CT molecular complexity index is 132. The van der Waals surface area contributed by atoms with E-state index >= 15 is 0 Å². The van der Waals surface area contributed by atoms with Gasteiger partial charge in [0.25, 0.3) is 0 Å². The predicted molar refractivity (Wildman–Crippen MR) is 48.9 cm³/mol. The second-order valence-corrected chi connectivity index (χ2v) is 4.67. The van der Waals surface area contributed by atoms with Gasteiger partial charge >= 0.3 is 0 Å². The second-order valence-electron chi connectivity index (χ2n) is 3.73. The van der Waals surface area contributed by atoms with Crippen LogP contribution >= 0.6 is 0 Å². The molecule has 0 aliphatic carbocycles. The quantitative estimate of drug-likeness (QED) is 0.656. The van der Waals surface area contributed by atoms with Crippen molar-refractivity contribution in [3.63, 3.8) is 0 Å². The zero-order valence-corrected chi connectivity index (χ0v) is 8.41. The molecule has 1 unspecified atom stereocenters. The van der Waals surface area contributed by atoms with E-state index in [9.17, 15) is 4.21 Å². The number of hydrogen-bond donors (Lipinski definition) is 1. The summed E-state index contributed by atoms with van der Waals surface area (Å²) in [5, 5.41) is 0. The van der Waals surface area contributed by atoms with Gasteiger partial charge in [-0.1, -0.05) is 33.6 Å². The first-order valence-electron chi connectivity index (χ1n) is 4.05. The first-order chi connectivity index (χ1) is 4.98. The summed E-state index contributed by atoms with van der Waals surface area (Å²) in [6.45, 7) is 6.21. The third-order valence-electron chi connectivity index (χ3n) is 1.72. The Labute approximate surface area is 71.7 Å². The summed E-state index contributed by atoms with van der Waals surface area (Å²) in [5.41, 5.74) is 0.0234. The molecule has 0 fully saturated rings. The van der Waals surface area contributed by atoms with E-state index in [-0.39, 0.29) is 5.41 Å². The molecule has 0 saturated carbocycles. The molecule has 2 nitrogen and oxygen atoms in total. The van der Waals surface area contributed by atoms with Crippen LogP contribution in [-0.4, -0.2) is 14.5 Å². The summed E-state index contributed by atoms with van der Waals surface area (Å²) in [6, 6.07) is 0. The molecule has 11 heavy (non-hydrogen) atoms. The van der Waals surface area contributed by atoms with Crippen LogP contribution in [0.3, 0.4) is 0 Å². The number of hydrogen-bond acceptors (Lipinski definition) is 1. The van der Waals surface area contributed by atoms with Crippen LogP contribution in [0.1, 0.15) is 40.0 Å². The minimum atomic E-state index is -1.64. The molecular formula is C8H18O2S. The van der Waals surface area contributed by atoms with E-state index in [0.29, 0.717) is 5.75 Å². The molecule has 0 aromatic rings. The van der Waals surface area contributed by atoms with Gasteiger partial charge in [0.1, 0.15) is 0 Å². The Kier molecular flexibility index (Phi) is 4.93. The average molecular weight is 178 g/mol. The second kappa shape index (κ2) is 4.88. The van der Waals surface area contributed by atoms with Crippen LogP contribution in [0.15, 0.2) is 0 Å². The highest BCUT2D eigenvalue weighted by molar-refractivity contribution is 7.79. The van der Waals surface area contributed by atoms with E-state index in [4.69, 9.17) is 4.55 Å². The molecule has 0 aromatic carbocycles. The van der Waals surface area contributed by atoms with Crippen molar-refractivity contribution < 1.29 is 8.76 Å². The summed E-state index contributed by atoms with van der Waals surface area (Å²) >= 11 is -1.64. The highest BCUT2D eigenvalue weighted by Gasteiger charge is 2.19. The summed E-state index contributed by atoms with van der Waals surface area (Å²) in [7, 11) is 0. The van der Waals surface area contributed by atoms with E-state index in [1.165, 1.54) is 0 Å². The standard InChI is InChI=1S/C8H18O2S/c1-4-5-6-8(2,3)7-11(9)10/h4-7H2,1-3H3,(H,9,10). The molecule has 68 valence electrons. The molecule has 3 heteroatoms. The number of unbranched alkanes of at least 4 members (excludes halogenated alkanes) is 1. The van der Waals surface area contributed by atoms with Crippen LogP contribution in [0.5, 0.6) is 0 Å². The van der Waals surface area contributed by atoms with Crippen molar-refractivity contribution >= 4 is 11.1 Å². The summed E-state index contributed by atoms with van der Waals surface area (Å²) < 4.78 is 19.1. The lowest BCUT2D eigenvalue weighted by molar-refractivity contribution is 0.361. The van der Waals surface area contributed by atoms with Gasteiger partial charge in [-0.15, -0.1) is 0 Å². The predicted octanol–water partition coefficient (Wildman–Crippen LogP) is 2.42. The van der Waals surface area contributed by atoms with Crippen molar-refractivity contribution in [1.29, 1.82) is 0 Å². The number of rotatable bonds is 5. The molecule has 1 N–H and O–H groups in total. The van der Waals surface area contributed by atoms with Crippen molar-refractivity contribution in [2.45, 2.75) is 40.0 Å². The van der Waals surface area contributed by atoms with Crippen LogP contribution in [0.4, 0.5) is 0 Å². The van der Waals surface area contributed by atoms with Crippen LogP contribution in [0, 0.1) is 5.41 Å². The zero-order chi connectivity index (χ0) is 8.91. The lowest BCUT2D eigenvalue weighted by atomic mass is 9.90. The molecule has 0 heterocycles. The maximum atomic E-state index is 10.5. The summed E-state index contributed by atoms with van der Waals surface area (Å²) in [6.07, 6.45) is 3.33. The van der Waals surface area contributed by atoms with Crippen LogP contribution in [0.2, 0.25) is 0 Å². The minimum absolute atomic E-state index is 0.0234. The van der Waals surface area contributed by atoms with E-state index in [1.807, 2.05) is 13.8 Å². The van der Waals surface area contributed by atoms with Crippen molar-refractivity contribution in [2.24, 2.45) is 5.41 Å². The van der Waals surface area contributed by atoms with Crippen LogP contribution in [0.25, 0.3) is 0 Å². The van der Waals surface area contributed by atoms with Gasteiger partial charge in [0.2, 0.25) is 0 Å². The van der Waals surface area contributed by atoms with Crippen molar-refractivity contribution in [3.05, 3.63) is 0 Å². The fourth-order valence-electron chi connectivity index (χ4n) is 1.06. The highest BCUT2D eigenvalue weighted by atomic mass is 32.2. The molecule has 0 aliphatic heterocycles. The van der Waals surface area contributed by atoms with Crippen LogP contribution in [-0.2, 0) is 11.1 Å². The lowest BCUT2D eigenvalue weighted by Gasteiger charge is -2.21. The normalized spacial score (nSPS) is 14.9. The highest BCUT2D eigenvalue weighted by Crippen LogP contribution is 2.23. The third kappa shape index (κ3) is 6.51. The molecule has 0 aliphatic rings. The molecule has 0 aromatic heterocycles. The van der Waals surface area contributed by atoms with Crippen molar-refractivity contribution in [1.82, 2.24) is 0 Å². The van der Waals surface area contributed by atoms with Crippen molar-refractivity contribution in [2.75, 3.05) is 5.75 Å². The van der Waals surface area contributed by atoms with Gasteiger partial charge in [-0.05, 0) is 11.8 Å². The molecular weight excluding hydrogens is 160 g/mol. The smallest absolute Gasteiger partial charge is 0.153 e. The third-order valence-corrected chi connectivity index (χ3v) is 2.75. The Morgan fingerprint density at radius 1 is 1.45 bits per heavy atom. The van der Waals surface area contributed by atoms with E-state index in [0.717, 1.165) is 19.3 Å². The Morgan fingerprint density at radius 2 is 2.00 bits per heavy atom. The molecule has 0 spiro atoms. The first kappa shape index (κ1) is 11.1. The minimum Gasteiger partial charge on any atom is -0.306 e. The van der Waals surface area contributed by atoms with Gasteiger partial charge < -0.3 is 4.55 Å². The van der Waals surface area contributed by atoms with Gasteiger partial charge in [0, 0.05) is 0 Å². The van der Waals surface area contributed by atoms with Gasteiger partial charge in [-0.25, -0.2) is 4.21 Å². The van der Waals surface area contributed by atoms with E-state index in [2.05, 4.69) is 6.92 Å². The van der Waals surface area contributed by atoms with Crippen molar-refractivity contribution in [3.8, 4) is 0 Å². The Morgan fingerprint density at radius 3 is 2.36 bits per heavy atom. The van der Waals surface area contributed by atoms with Gasteiger partial charge in [-0.3, -0.25) is 0 Å². The molecule has 0 saturated heterocycles. The molecule has 0 bridgehead atoms. The monoisotopic (exact) mass is 178 g/mol. The maximum absolute atomic E-state index is 10.5. The maximum Gasteiger partial charge on any atom is 0.153 e. The fourth-order valence-corrected chi connectivity index (χ4v) is 1.87. The lowest BCUT2D eigenvalue weighted by Crippen LogP contribution is -2.19.